The van der Waals surface area contributed by atoms with E-state index in [4.69, 9.17) is 0 Å². The van der Waals surface area contributed by atoms with E-state index in [1.54, 1.807) is 6.92 Å². The highest BCUT2D eigenvalue weighted by atomic mass is 32.2. The minimum absolute atomic E-state index is 0.00154. The zero-order valence-corrected chi connectivity index (χ0v) is 12.2. The third-order valence-electron chi connectivity index (χ3n) is 2.43. The van der Waals surface area contributed by atoms with Gasteiger partial charge in [0.2, 0.25) is 0 Å². The van der Waals surface area contributed by atoms with Gasteiger partial charge in [-0.15, -0.1) is 0 Å². The second-order valence-electron chi connectivity index (χ2n) is 4.23. The molecule has 0 saturated carbocycles. The van der Waals surface area contributed by atoms with E-state index in [-0.39, 0.29) is 28.6 Å². The van der Waals surface area contributed by atoms with Crippen molar-refractivity contribution < 1.29 is 27.5 Å². The number of nitrogens with one attached hydrogen (secondary N) is 1. The second-order valence-corrected chi connectivity index (χ2v) is 5.37. The SMILES string of the molecule is COC(=O)CC(C)NC(=O)c1ccc(SC(F)(F)F)cc1. The molecule has 1 aromatic rings. The smallest absolute Gasteiger partial charge is 0.446 e. The lowest BCUT2D eigenvalue weighted by atomic mass is 10.2. The summed E-state index contributed by atoms with van der Waals surface area (Å²) in [6.07, 6.45) is 0.0181. The van der Waals surface area contributed by atoms with E-state index < -0.39 is 23.4 Å². The number of ether oxygens (including phenoxy) is 1. The number of rotatable bonds is 5. The standard InChI is InChI=1S/C13H14F3NO3S/c1-8(7-11(18)20-2)17-12(19)9-3-5-10(6-4-9)21-13(14,15)16/h3-6,8H,7H2,1-2H3,(H,17,19). The van der Waals surface area contributed by atoms with Crippen LogP contribution in [0.15, 0.2) is 29.2 Å². The molecule has 1 atom stereocenters. The van der Waals surface area contributed by atoms with Gasteiger partial charge in [-0.1, -0.05) is 0 Å². The number of thioether (sulfide) groups is 1. The summed E-state index contributed by atoms with van der Waals surface area (Å²) >= 11 is -0.246. The fraction of sp³-hybridized carbons (Fsp3) is 0.385. The van der Waals surface area contributed by atoms with Crippen molar-refractivity contribution in [3.8, 4) is 0 Å². The number of halogens is 3. The van der Waals surface area contributed by atoms with Crippen molar-refractivity contribution in [1.82, 2.24) is 5.32 Å². The van der Waals surface area contributed by atoms with Crippen LogP contribution >= 0.6 is 11.8 Å². The molecule has 1 aromatic carbocycles. The fourth-order valence-electron chi connectivity index (χ4n) is 1.50. The lowest BCUT2D eigenvalue weighted by Gasteiger charge is -2.13. The van der Waals surface area contributed by atoms with Crippen LogP contribution in [0.4, 0.5) is 13.2 Å². The average Bonchev–Trinajstić information content (AvgIpc) is 2.37. The number of esters is 1. The quantitative estimate of drug-likeness (QED) is 0.669. The van der Waals surface area contributed by atoms with Crippen molar-refractivity contribution >= 4 is 23.6 Å². The Morgan fingerprint density at radius 2 is 1.86 bits per heavy atom. The van der Waals surface area contributed by atoms with Crippen LogP contribution in [0.2, 0.25) is 0 Å². The highest BCUT2D eigenvalue weighted by Crippen LogP contribution is 2.36. The molecular weight excluding hydrogens is 307 g/mol. The van der Waals surface area contributed by atoms with Gasteiger partial charge in [0.25, 0.3) is 5.91 Å². The molecule has 1 rings (SSSR count). The van der Waals surface area contributed by atoms with Gasteiger partial charge in [0, 0.05) is 16.5 Å². The molecule has 1 N–H and O–H groups in total. The van der Waals surface area contributed by atoms with Gasteiger partial charge < -0.3 is 10.1 Å². The van der Waals surface area contributed by atoms with Crippen molar-refractivity contribution in [3.63, 3.8) is 0 Å². The first-order chi connectivity index (χ1) is 9.71. The number of hydrogen-bond donors (Lipinski definition) is 1. The predicted molar refractivity (Wildman–Crippen MR) is 71.9 cm³/mol. The maximum Gasteiger partial charge on any atom is 0.446 e. The van der Waals surface area contributed by atoms with Crippen LogP contribution < -0.4 is 5.32 Å². The molecule has 0 aromatic heterocycles. The molecule has 0 bridgehead atoms. The summed E-state index contributed by atoms with van der Waals surface area (Å²) in [7, 11) is 1.24. The summed E-state index contributed by atoms with van der Waals surface area (Å²) in [5.41, 5.74) is -4.14. The Balaban J connectivity index is 2.61. The Morgan fingerprint density at radius 1 is 1.29 bits per heavy atom. The lowest BCUT2D eigenvalue weighted by molar-refractivity contribution is -0.141. The maximum atomic E-state index is 12.2. The van der Waals surface area contributed by atoms with Crippen LogP contribution in [0.3, 0.4) is 0 Å². The van der Waals surface area contributed by atoms with E-state index in [1.807, 2.05) is 0 Å². The fourth-order valence-corrected chi connectivity index (χ4v) is 2.04. The van der Waals surface area contributed by atoms with E-state index >= 15 is 0 Å². The minimum Gasteiger partial charge on any atom is -0.469 e. The number of methoxy groups -OCH3 is 1. The van der Waals surface area contributed by atoms with Gasteiger partial charge in [0.05, 0.1) is 13.5 Å². The normalized spacial score (nSPS) is 12.6. The molecule has 116 valence electrons. The van der Waals surface area contributed by atoms with Gasteiger partial charge >= 0.3 is 11.5 Å². The molecule has 0 fully saturated rings. The van der Waals surface area contributed by atoms with E-state index in [2.05, 4.69) is 10.1 Å². The minimum atomic E-state index is -4.36. The van der Waals surface area contributed by atoms with Crippen molar-refractivity contribution in [2.24, 2.45) is 0 Å². The Hall–Kier alpha value is -1.70. The molecule has 0 heterocycles. The van der Waals surface area contributed by atoms with Gasteiger partial charge in [0.1, 0.15) is 0 Å². The summed E-state index contributed by atoms with van der Waals surface area (Å²) in [4.78, 5) is 22.9. The average molecular weight is 321 g/mol. The molecule has 8 heteroatoms. The molecular formula is C13H14F3NO3S. The Labute approximate surface area is 124 Å². The Morgan fingerprint density at radius 3 is 2.33 bits per heavy atom. The van der Waals surface area contributed by atoms with Gasteiger partial charge in [-0.25, -0.2) is 0 Å². The van der Waals surface area contributed by atoms with Crippen molar-refractivity contribution in [2.75, 3.05) is 7.11 Å². The van der Waals surface area contributed by atoms with E-state index in [0.717, 1.165) is 0 Å². The summed E-state index contributed by atoms with van der Waals surface area (Å²) < 4.78 is 41.0. The van der Waals surface area contributed by atoms with Gasteiger partial charge in [-0.2, -0.15) is 13.2 Å². The maximum absolute atomic E-state index is 12.2. The van der Waals surface area contributed by atoms with E-state index in [9.17, 15) is 22.8 Å². The van der Waals surface area contributed by atoms with Gasteiger partial charge in [0.15, 0.2) is 0 Å². The number of carbonyl (C=O) groups is 2. The summed E-state index contributed by atoms with van der Waals surface area (Å²) in [5.74, 6) is -0.922. The predicted octanol–water partition coefficient (Wildman–Crippen LogP) is 2.98. The number of benzene rings is 1. The van der Waals surface area contributed by atoms with Crippen molar-refractivity contribution in [2.45, 2.75) is 29.8 Å². The van der Waals surface area contributed by atoms with Crippen LogP contribution in [0.25, 0.3) is 0 Å². The number of amides is 1. The molecule has 0 aliphatic rings. The van der Waals surface area contributed by atoms with Crippen LogP contribution in [0.1, 0.15) is 23.7 Å². The Bertz CT molecular complexity index is 502. The zero-order valence-electron chi connectivity index (χ0n) is 11.4. The molecule has 1 amide bonds. The number of hydrogen-bond acceptors (Lipinski definition) is 4. The lowest BCUT2D eigenvalue weighted by Crippen LogP contribution is -2.34. The summed E-state index contributed by atoms with van der Waals surface area (Å²) in [6.45, 7) is 1.63. The molecule has 0 spiro atoms. The summed E-state index contributed by atoms with van der Waals surface area (Å²) in [5, 5.41) is 2.56. The first-order valence-corrected chi connectivity index (χ1v) is 6.76. The first-order valence-electron chi connectivity index (χ1n) is 5.95. The topological polar surface area (TPSA) is 55.4 Å². The third kappa shape index (κ3) is 6.52. The van der Waals surface area contributed by atoms with Crippen molar-refractivity contribution in [3.05, 3.63) is 29.8 Å². The molecule has 4 nitrogen and oxygen atoms in total. The van der Waals surface area contributed by atoms with E-state index in [0.29, 0.717) is 0 Å². The zero-order chi connectivity index (χ0) is 16.0. The molecule has 21 heavy (non-hydrogen) atoms. The highest BCUT2D eigenvalue weighted by Gasteiger charge is 2.29. The molecule has 0 radical (unpaired) electrons. The monoisotopic (exact) mass is 321 g/mol. The van der Waals surface area contributed by atoms with Gasteiger partial charge in [-0.05, 0) is 43.0 Å². The Kier molecular flexibility index (Phi) is 6.07. The number of carbonyl (C=O) groups excluding carboxylic acids is 2. The molecule has 0 saturated heterocycles. The van der Waals surface area contributed by atoms with Crippen LogP contribution in [0.5, 0.6) is 0 Å². The third-order valence-corrected chi connectivity index (χ3v) is 3.17. The van der Waals surface area contributed by atoms with Crippen LogP contribution in [-0.2, 0) is 9.53 Å². The molecule has 0 aliphatic carbocycles. The first kappa shape index (κ1) is 17.4. The van der Waals surface area contributed by atoms with Gasteiger partial charge in [-0.3, -0.25) is 9.59 Å². The largest absolute Gasteiger partial charge is 0.469 e. The molecule has 0 aliphatic heterocycles. The van der Waals surface area contributed by atoms with E-state index in [1.165, 1.54) is 31.4 Å². The van der Waals surface area contributed by atoms with Crippen LogP contribution in [-0.4, -0.2) is 30.5 Å². The number of alkyl halides is 3. The summed E-state index contributed by atoms with van der Waals surface area (Å²) in [6, 6.07) is 4.60. The van der Waals surface area contributed by atoms with Crippen molar-refractivity contribution in [1.29, 1.82) is 0 Å². The van der Waals surface area contributed by atoms with Crippen LogP contribution in [0, 0.1) is 0 Å². The molecule has 1 unspecified atom stereocenters. The second kappa shape index (κ2) is 7.35. The highest BCUT2D eigenvalue weighted by molar-refractivity contribution is 8.00.